The van der Waals surface area contributed by atoms with Crippen LogP contribution in [-0.4, -0.2) is 29.9 Å². The highest BCUT2D eigenvalue weighted by atomic mass is 19.1. The summed E-state index contributed by atoms with van der Waals surface area (Å²) in [5.41, 5.74) is 4.84. The molecule has 16 heavy (non-hydrogen) atoms. The van der Waals surface area contributed by atoms with Crippen molar-refractivity contribution in [1.82, 2.24) is 5.32 Å². The zero-order chi connectivity index (χ0) is 12.3. The number of rotatable bonds is 4. The van der Waals surface area contributed by atoms with Crippen molar-refractivity contribution < 1.29 is 19.0 Å². The van der Waals surface area contributed by atoms with Gasteiger partial charge in [0.2, 0.25) is 0 Å². The van der Waals surface area contributed by atoms with Crippen LogP contribution in [0, 0.1) is 11.6 Å². The standard InChI is InChI=1S/C10H14F2N2O2/c1-14-4-8(15)10(16)6-2-5(11)3-7(12)9(6)13/h2-3,8,10,14-16H,4,13H2,1H3. The summed E-state index contributed by atoms with van der Waals surface area (Å²) in [6.07, 6.45) is -2.62. The highest BCUT2D eigenvalue weighted by Gasteiger charge is 2.22. The molecule has 2 unspecified atom stereocenters. The predicted molar refractivity (Wildman–Crippen MR) is 55.7 cm³/mol. The molecular formula is C10H14F2N2O2. The maximum absolute atomic E-state index is 13.1. The third-order valence-electron chi connectivity index (χ3n) is 2.22. The van der Waals surface area contributed by atoms with Crippen LogP contribution in [0.1, 0.15) is 11.7 Å². The zero-order valence-electron chi connectivity index (χ0n) is 8.74. The molecule has 4 nitrogen and oxygen atoms in total. The van der Waals surface area contributed by atoms with E-state index in [9.17, 15) is 19.0 Å². The molecule has 2 atom stereocenters. The first-order chi connectivity index (χ1) is 7.47. The molecule has 0 aliphatic heterocycles. The lowest BCUT2D eigenvalue weighted by Crippen LogP contribution is -2.30. The van der Waals surface area contributed by atoms with Gasteiger partial charge in [0.1, 0.15) is 17.7 Å². The Kier molecular flexibility index (Phi) is 4.17. The van der Waals surface area contributed by atoms with E-state index in [-0.39, 0.29) is 17.8 Å². The Morgan fingerprint density at radius 3 is 2.56 bits per heavy atom. The number of nitrogens with one attached hydrogen (secondary N) is 1. The van der Waals surface area contributed by atoms with E-state index >= 15 is 0 Å². The quantitative estimate of drug-likeness (QED) is 0.558. The van der Waals surface area contributed by atoms with Crippen molar-refractivity contribution in [2.75, 3.05) is 19.3 Å². The molecule has 1 rings (SSSR count). The lowest BCUT2D eigenvalue weighted by molar-refractivity contribution is 0.0204. The maximum atomic E-state index is 13.1. The van der Waals surface area contributed by atoms with Crippen molar-refractivity contribution in [3.63, 3.8) is 0 Å². The van der Waals surface area contributed by atoms with E-state index in [2.05, 4.69) is 5.32 Å². The number of anilines is 1. The van der Waals surface area contributed by atoms with Crippen molar-refractivity contribution >= 4 is 5.69 Å². The molecule has 0 aromatic heterocycles. The summed E-state index contributed by atoms with van der Waals surface area (Å²) in [5.74, 6) is -1.80. The molecule has 0 heterocycles. The van der Waals surface area contributed by atoms with E-state index in [1.165, 1.54) is 0 Å². The van der Waals surface area contributed by atoms with Crippen LogP contribution in [0.2, 0.25) is 0 Å². The molecule has 0 amide bonds. The second-order valence-electron chi connectivity index (χ2n) is 3.46. The Balaban J connectivity index is 3.03. The van der Waals surface area contributed by atoms with E-state index in [4.69, 9.17) is 5.73 Å². The summed E-state index contributed by atoms with van der Waals surface area (Å²) in [5, 5.41) is 21.7. The van der Waals surface area contributed by atoms with Gasteiger partial charge in [-0.3, -0.25) is 0 Å². The van der Waals surface area contributed by atoms with Gasteiger partial charge in [0.05, 0.1) is 11.8 Å². The molecule has 6 heteroatoms. The van der Waals surface area contributed by atoms with Crippen LogP contribution in [-0.2, 0) is 0 Å². The minimum atomic E-state index is -1.43. The minimum absolute atomic E-state index is 0.0821. The normalized spacial score (nSPS) is 14.8. The molecule has 90 valence electrons. The number of benzene rings is 1. The molecule has 0 radical (unpaired) electrons. The van der Waals surface area contributed by atoms with Crippen LogP contribution in [0.25, 0.3) is 0 Å². The second kappa shape index (κ2) is 5.20. The fourth-order valence-corrected chi connectivity index (χ4v) is 1.38. The number of hydrogen-bond acceptors (Lipinski definition) is 4. The van der Waals surface area contributed by atoms with Gasteiger partial charge in [0.15, 0.2) is 0 Å². The Morgan fingerprint density at radius 2 is 2.00 bits per heavy atom. The van der Waals surface area contributed by atoms with Gasteiger partial charge in [0, 0.05) is 18.2 Å². The van der Waals surface area contributed by atoms with Crippen molar-refractivity contribution in [3.05, 3.63) is 29.3 Å². The van der Waals surface area contributed by atoms with Gasteiger partial charge in [0.25, 0.3) is 0 Å². The van der Waals surface area contributed by atoms with Gasteiger partial charge < -0.3 is 21.3 Å². The van der Waals surface area contributed by atoms with Gasteiger partial charge in [-0.2, -0.15) is 0 Å². The Morgan fingerprint density at radius 1 is 1.38 bits per heavy atom. The summed E-state index contributed by atoms with van der Waals surface area (Å²) in [6, 6.07) is 1.53. The van der Waals surface area contributed by atoms with Gasteiger partial charge in [-0.05, 0) is 13.1 Å². The number of halogens is 2. The number of nitrogen functional groups attached to an aromatic ring is 1. The van der Waals surface area contributed by atoms with Crippen LogP contribution in [0.3, 0.4) is 0 Å². The van der Waals surface area contributed by atoms with E-state index in [0.717, 1.165) is 6.07 Å². The first-order valence-electron chi connectivity index (χ1n) is 4.72. The molecule has 0 saturated carbocycles. The average Bonchev–Trinajstić information content (AvgIpc) is 2.22. The monoisotopic (exact) mass is 232 g/mol. The van der Waals surface area contributed by atoms with Crippen LogP contribution in [0.4, 0.5) is 14.5 Å². The third-order valence-corrected chi connectivity index (χ3v) is 2.22. The number of likely N-dealkylation sites (N-methyl/N-ethyl adjacent to an activating group) is 1. The summed E-state index contributed by atoms with van der Waals surface area (Å²) in [7, 11) is 1.57. The van der Waals surface area contributed by atoms with Gasteiger partial charge in [-0.1, -0.05) is 0 Å². The van der Waals surface area contributed by atoms with Crippen LogP contribution >= 0.6 is 0 Å². The Hall–Kier alpha value is -1.24. The maximum Gasteiger partial charge on any atom is 0.149 e. The number of hydrogen-bond donors (Lipinski definition) is 4. The lowest BCUT2D eigenvalue weighted by atomic mass is 10.0. The SMILES string of the molecule is CNCC(O)C(O)c1cc(F)cc(F)c1N. The molecule has 1 aromatic carbocycles. The summed E-state index contributed by atoms with van der Waals surface area (Å²) in [4.78, 5) is 0. The highest BCUT2D eigenvalue weighted by Crippen LogP contribution is 2.26. The second-order valence-corrected chi connectivity index (χ2v) is 3.46. The lowest BCUT2D eigenvalue weighted by Gasteiger charge is -2.19. The number of aliphatic hydroxyl groups is 2. The van der Waals surface area contributed by atoms with Crippen LogP contribution in [0.5, 0.6) is 0 Å². The first-order valence-corrected chi connectivity index (χ1v) is 4.72. The first kappa shape index (κ1) is 12.8. The molecule has 1 aromatic rings. The number of aliphatic hydroxyl groups excluding tert-OH is 2. The molecule has 5 N–H and O–H groups in total. The molecule has 0 saturated heterocycles. The Bertz CT molecular complexity index is 374. The van der Waals surface area contributed by atoms with Crippen LogP contribution in [0.15, 0.2) is 12.1 Å². The van der Waals surface area contributed by atoms with Crippen LogP contribution < -0.4 is 11.1 Å². The van der Waals surface area contributed by atoms with Gasteiger partial charge >= 0.3 is 0 Å². The fraction of sp³-hybridized carbons (Fsp3) is 0.400. The van der Waals surface area contributed by atoms with Crippen molar-refractivity contribution in [2.45, 2.75) is 12.2 Å². The molecule has 0 aliphatic carbocycles. The van der Waals surface area contributed by atoms with Gasteiger partial charge in [-0.15, -0.1) is 0 Å². The van der Waals surface area contributed by atoms with E-state index in [1.54, 1.807) is 7.05 Å². The largest absolute Gasteiger partial charge is 0.396 e. The van der Waals surface area contributed by atoms with Gasteiger partial charge in [-0.25, -0.2) is 8.78 Å². The minimum Gasteiger partial charge on any atom is -0.396 e. The van der Waals surface area contributed by atoms with Crippen molar-refractivity contribution in [2.24, 2.45) is 0 Å². The zero-order valence-corrected chi connectivity index (χ0v) is 8.74. The smallest absolute Gasteiger partial charge is 0.149 e. The third kappa shape index (κ3) is 2.66. The Labute approximate surface area is 91.7 Å². The summed E-state index contributed by atoms with van der Waals surface area (Å²) >= 11 is 0. The van der Waals surface area contributed by atoms with E-state index < -0.39 is 23.8 Å². The average molecular weight is 232 g/mol. The molecule has 0 aliphatic rings. The molecule has 0 fully saturated rings. The molecule has 0 spiro atoms. The van der Waals surface area contributed by atoms with Crippen molar-refractivity contribution in [3.8, 4) is 0 Å². The highest BCUT2D eigenvalue weighted by molar-refractivity contribution is 5.49. The number of nitrogens with two attached hydrogens (primary N) is 1. The van der Waals surface area contributed by atoms with E-state index in [1.807, 2.05) is 0 Å². The van der Waals surface area contributed by atoms with Crippen molar-refractivity contribution in [1.29, 1.82) is 0 Å². The molecule has 0 bridgehead atoms. The fourth-order valence-electron chi connectivity index (χ4n) is 1.38. The molecular weight excluding hydrogens is 218 g/mol. The topological polar surface area (TPSA) is 78.5 Å². The summed E-state index contributed by atoms with van der Waals surface area (Å²) < 4.78 is 26.0. The van der Waals surface area contributed by atoms with E-state index in [0.29, 0.717) is 6.07 Å². The predicted octanol–water partition coefficient (Wildman–Crippen LogP) is 0.161. The summed E-state index contributed by atoms with van der Waals surface area (Å²) in [6.45, 7) is 0.0821.